The second-order valence-corrected chi connectivity index (χ2v) is 6.32. The average Bonchev–Trinajstić information content (AvgIpc) is 2.68. The summed E-state index contributed by atoms with van der Waals surface area (Å²) < 4.78 is 0. The van der Waals surface area contributed by atoms with Crippen molar-refractivity contribution in [2.45, 2.75) is 49.7 Å². The maximum Gasteiger partial charge on any atom is 0.0125 e. The third-order valence-corrected chi connectivity index (χ3v) is 5.15. The molecule has 1 aromatic carbocycles. The second-order valence-electron chi connectivity index (χ2n) is 6.32. The number of nitrogens with one attached hydrogen (secondary N) is 1. The molecule has 0 aliphatic carbocycles. The van der Waals surface area contributed by atoms with E-state index >= 15 is 0 Å². The molecule has 96 valence electrons. The summed E-state index contributed by atoms with van der Waals surface area (Å²) in [6, 6.07) is 13.5. The molecule has 3 heterocycles. The van der Waals surface area contributed by atoms with Crippen molar-refractivity contribution < 1.29 is 0 Å². The van der Waals surface area contributed by atoms with Crippen LogP contribution in [0.4, 0.5) is 0 Å². The van der Waals surface area contributed by atoms with Crippen LogP contribution in [0.3, 0.4) is 0 Å². The lowest BCUT2D eigenvalue weighted by Gasteiger charge is -2.47. The summed E-state index contributed by atoms with van der Waals surface area (Å²) in [5.41, 5.74) is 1.53. The highest BCUT2D eigenvalue weighted by Gasteiger charge is 2.40. The minimum atomic E-state index is 0.790. The number of nitrogens with zero attached hydrogens (tertiary/aromatic N) is 1. The summed E-state index contributed by atoms with van der Waals surface area (Å²) in [6.07, 6.45) is 5.60. The molecule has 0 spiro atoms. The van der Waals surface area contributed by atoms with Crippen LogP contribution in [-0.2, 0) is 0 Å². The lowest BCUT2D eigenvalue weighted by Crippen LogP contribution is -2.55. The molecular weight excluding hydrogens is 220 g/mol. The zero-order valence-electron chi connectivity index (χ0n) is 10.9. The molecule has 2 unspecified atom stereocenters. The number of fused-ring (bicyclic) bond motifs is 2. The Labute approximate surface area is 109 Å². The van der Waals surface area contributed by atoms with E-state index < -0.39 is 0 Å². The summed E-state index contributed by atoms with van der Waals surface area (Å²) in [4.78, 5) is 2.73. The maximum atomic E-state index is 3.74. The first-order chi connectivity index (χ1) is 8.88. The van der Waals surface area contributed by atoms with Crippen molar-refractivity contribution in [3.8, 4) is 0 Å². The monoisotopic (exact) mass is 242 g/mol. The Morgan fingerprint density at radius 2 is 1.61 bits per heavy atom. The van der Waals surface area contributed by atoms with Gasteiger partial charge in [-0.1, -0.05) is 30.3 Å². The van der Waals surface area contributed by atoms with Crippen molar-refractivity contribution in [2.75, 3.05) is 13.1 Å². The van der Waals surface area contributed by atoms with Gasteiger partial charge in [0, 0.05) is 37.1 Å². The van der Waals surface area contributed by atoms with E-state index in [1.54, 1.807) is 0 Å². The van der Waals surface area contributed by atoms with Gasteiger partial charge in [-0.05, 0) is 31.2 Å². The van der Waals surface area contributed by atoms with Crippen LogP contribution in [0.2, 0.25) is 0 Å². The molecule has 3 aliphatic heterocycles. The molecule has 3 fully saturated rings. The van der Waals surface area contributed by atoms with Gasteiger partial charge in [0.15, 0.2) is 0 Å². The SMILES string of the molecule is c1ccc(C2CN(C3CC4CCC(C3)N4)C2)cc1. The van der Waals surface area contributed by atoms with Gasteiger partial charge >= 0.3 is 0 Å². The van der Waals surface area contributed by atoms with Gasteiger partial charge in [0.1, 0.15) is 0 Å². The molecule has 2 atom stereocenters. The fraction of sp³-hybridized carbons (Fsp3) is 0.625. The Balaban J connectivity index is 1.37. The molecule has 4 rings (SSSR count). The van der Waals surface area contributed by atoms with Crippen molar-refractivity contribution in [1.29, 1.82) is 0 Å². The maximum absolute atomic E-state index is 3.74. The van der Waals surface area contributed by atoms with Gasteiger partial charge in [0.25, 0.3) is 0 Å². The number of piperidine rings is 1. The third kappa shape index (κ3) is 1.88. The van der Waals surface area contributed by atoms with Crippen LogP contribution >= 0.6 is 0 Å². The first-order valence-electron chi connectivity index (χ1n) is 7.43. The van der Waals surface area contributed by atoms with E-state index in [0.29, 0.717) is 0 Å². The van der Waals surface area contributed by atoms with Gasteiger partial charge < -0.3 is 5.32 Å². The zero-order chi connectivity index (χ0) is 11.9. The van der Waals surface area contributed by atoms with Crippen LogP contribution in [0.1, 0.15) is 37.2 Å². The number of rotatable bonds is 2. The van der Waals surface area contributed by atoms with Crippen molar-refractivity contribution >= 4 is 0 Å². The van der Waals surface area contributed by atoms with Gasteiger partial charge in [0.05, 0.1) is 0 Å². The largest absolute Gasteiger partial charge is 0.311 e. The van der Waals surface area contributed by atoms with E-state index in [2.05, 4.69) is 40.5 Å². The predicted molar refractivity (Wildman–Crippen MR) is 73.7 cm³/mol. The third-order valence-electron chi connectivity index (χ3n) is 5.15. The molecule has 0 radical (unpaired) electrons. The molecule has 0 aromatic heterocycles. The average molecular weight is 242 g/mol. The van der Waals surface area contributed by atoms with Gasteiger partial charge in [-0.15, -0.1) is 0 Å². The Morgan fingerprint density at radius 3 is 2.28 bits per heavy atom. The fourth-order valence-electron chi connectivity index (χ4n) is 4.07. The minimum absolute atomic E-state index is 0.790. The van der Waals surface area contributed by atoms with Crippen molar-refractivity contribution in [3.63, 3.8) is 0 Å². The lowest BCUT2D eigenvalue weighted by molar-refractivity contribution is 0.0612. The predicted octanol–water partition coefficient (Wildman–Crippen LogP) is 2.37. The molecule has 0 amide bonds. The summed E-state index contributed by atoms with van der Waals surface area (Å²) in [7, 11) is 0. The molecule has 2 heteroatoms. The van der Waals surface area contributed by atoms with Crippen molar-refractivity contribution in [2.24, 2.45) is 0 Å². The molecule has 0 saturated carbocycles. The second kappa shape index (κ2) is 4.36. The van der Waals surface area contributed by atoms with E-state index in [1.165, 1.54) is 44.3 Å². The molecule has 3 aliphatic rings. The van der Waals surface area contributed by atoms with E-state index in [1.807, 2.05) is 0 Å². The molecule has 2 bridgehead atoms. The van der Waals surface area contributed by atoms with Gasteiger partial charge in [-0.2, -0.15) is 0 Å². The van der Waals surface area contributed by atoms with E-state index in [0.717, 1.165) is 24.0 Å². The molecule has 1 N–H and O–H groups in total. The summed E-state index contributed by atoms with van der Waals surface area (Å²) in [5.74, 6) is 0.790. The number of hydrogen-bond acceptors (Lipinski definition) is 2. The Hall–Kier alpha value is -0.860. The van der Waals surface area contributed by atoms with Crippen LogP contribution in [0.15, 0.2) is 30.3 Å². The topological polar surface area (TPSA) is 15.3 Å². The quantitative estimate of drug-likeness (QED) is 0.856. The van der Waals surface area contributed by atoms with Crippen LogP contribution < -0.4 is 5.32 Å². The van der Waals surface area contributed by atoms with Crippen LogP contribution in [0.25, 0.3) is 0 Å². The molecule has 3 saturated heterocycles. The van der Waals surface area contributed by atoms with Gasteiger partial charge in [0.2, 0.25) is 0 Å². The number of likely N-dealkylation sites (tertiary alicyclic amines) is 1. The summed E-state index contributed by atoms with van der Waals surface area (Å²) in [5, 5.41) is 3.74. The van der Waals surface area contributed by atoms with Crippen LogP contribution in [-0.4, -0.2) is 36.1 Å². The fourth-order valence-corrected chi connectivity index (χ4v) is 4.07. The Bertz CT molecular complexity index is 398. The minimum Gasteiger partial charge on any atom is -0.311 e. The van der Waals surface area contributed by atoms with Crippen LogP contribution in [0, 0.1) is 0 Å². The first-order valence-corrected chi connectivity index (χ1v) is 7.43. The van der Waals surface area contributed by atoms with Crippen molar-refractivity contribution in [3.05, 3.63) is 35.9 Å². The Kier molecular flexibility index (Phi) is 2.66. The molecule has 2 nitrogen and oxygen atoms in total. The van der Waals surface area contributed by atoms with Gasteiger partial charge in [-0.25, -0.2) is 0 Å². The summed E-state index contributed by atoms with van der Waals surface area (Å²) >= 11 is 0. The Morgan fingerprint density at radius 1 is 0.944 bits per heavy atom. The standard InChI is InChI=1S/C16H22N2/c1-2-4-12(5-3-1)13-10-18(11-13)16-8-14-6-7-15(9-16)17-14/h1-5,13-17H,6-11H2. The lowest BCUT2D eigenvalue weighted by atomic mass is 9.87. The highest BCUT2D eigenvalue weighted by Crippen LogP contribution is 2.35. The van der Waals surface area contributed by atoms with E-state index in [9.17, 15) is 0 Å². The van der Waals surface area contributed by atoms with Crippen molar-refractivity contribution in [1.82, 2.24) is 10.2 Å². The highest BCUT2D eigenvalue weighted by molar-refractivity contribution is 5.23. The highest BCUT2D eigenvalue weighted by atomic mass is 15.2. The molecule has 18 heavy (non-hydrogen) atoms. The number of benzene rings is 1. The van der Waals surface area contributed by atoms with E-state index in [4.69, 9.17) is 0 Å². The molecule has 1 aromatic rings. The normalized spacial score (nSPS) is 36.6. The van der Waals surface area contributed by atoms with Gasteiger partial charge in [-0.3, -0.25) is 4.90 Å². The number of hydrogen-bond donors (Lipinski definition) is 1. The zero-order valence-corrected chi connectivity index (χ0v) is 10.9. The van der Waals surface area contributed by atoms with E-state index in [-0.39, 0.29) is 0 Å². The smallest absolute Gasteiger partial charge is 0.0125 e. The summed E-state index contributed by atoms with van der Waals surface area (Å²) in [6.45, 7) is 2.57. The molecular formula is C16H22N2. The van der Waals surface area contributed by atoms with Crippen LogP contribution in [0.5, 0.6) is 0 Å². The first kappa shape index (κ1) is 11.0.